The number of nitrogens with one attached hydrogen (secondary N) is 1. The van der Waals surface area contributed by atoms with Crippen LogP contribution < -0.4 is 10.1 Å². The summed E-state index contributed by atoms with van der Waals surface area (Å²) in [7, 11) is 1.55. The van der Waals surface area contributed by atoms with Gasteiger partial charge in [0, 0.05) is 18.5 Å². The van der Waals surface area contributed by atoms with E-state index in [1.807, 2.05) is 12.1 Å². The Bertz CT molecular complexity index is 748. The van der Waals surface area contributed by atoms with E-state index in [1.54, 1.807) is 33.1 Å². The van der Waals surface area contributed by atoms with Crippen molar-refractivity contribution >= 4 is 22.8 Å². The Morgan fingerprint density at radius 1 is 1.41 bits per heavy atom. The van der Waals surface area contributed by atoms with Gasteiger partial charge in [-0.1, -0.05) is 12.1 Å². The minimum absolute atomic E-state index is 0.166. The van der Waals surface area contributed by atoms with Crippen LogP contribution in [0.3, 0.4) is 0 Å². The number of furan rings is 1. The molecule has 6 heteroatoms. The van der Waals surface area contributed by atoms with Crippen LogP contribution >= 0.6 is 0 Å². The van der Waals surface area contributed by atoms with E-state index in [0.29, 0.717) is 24.4 Å². The van der Waals surface area contributed by atoms with Crippen LogP contribution in [-0.2, 0) is 4.79 Å². The molecule has 1 saturated heterocycles. The highest BCUT2D eigenvalue weighted by atomic mass is 16.5. The summed E-state index contributed by atoms with van der Waals surface area (Å²) in [5.41, 5.74) is -0.370. The van der Waals surface area contributed by atoms with Crippen molar-refractivity contribution in [3.05, 3.63) is 30.0 Å². The molecule has 0 saturated carbocycles. The van der Waals surface area contributed by atoms with Crippen molar-refractivity contribution in [1.29, 1.82) is 0 Å². The first-order valence-corrected chi connectivity index (χ1v) is 7.12. The molecule has 116 valence electrons. The van der Waals surface area contributed by atoms with Gasteiger partial charge in [-0.15, -0.1) is 0 Å². The molecule has 0 radical (unpaired) electrons. The number of nitrogens with zero attached hydrogens (tertiary/aromatic N) is 1. The maximum absolute atomic E-state index is 12.7. The molecule has 0 bridgehead atoms. The third kappa shape index (κ3) is 2.11. The van der Waals surface area contributed by atoms with Crippen LogP contribution in [0, 0.1) is 0 Å². The van der Waals surface area contributed by atoms with Gasteiger partial charge in [0.2, 0.25) is 5.91 Å². The van der Waals surface area contributed by atoms with Crippen molar-refractivity contribution in [3.8, 4) is 5.75 Å². The van der Waals surface area contributed by atoms with Crippen molar-refractivity contribution in [3.63, 3.8) is 0 Å². The average Bonchev–Trinajstić information content (AvgIpc) is 2.93. The molecule has 0 aliphatic carbocycles. The second-order valence-electron chi connectivity index (χ2n) is 5.76. The van der Waals surface area contributed by atoms with Gasteiger partial charge in [0.1, 0.15) is 5.54 Å². The number of para-hydroxylation sites is 1. The minimum atomic E-state index is -0.904. The van der Waals surface area contributed by atoms with Crippen molar-refractivity contribution in [2.75, 3.05) is 20.2 Å². The van der Waals surface area contributed by atoms with Gasteiger partial charge in [-0.25, -0.2) is 0 Å². The predicted molar refractivity (Wildman–Crippen MR) is 80.9 cm³/mol. The zero-order chi connectivity index (χ0) is 15.9. The van der Waals surface area contributed by atoms with Crippen molar-refractivity contribution < 1.29 is 18.7 Å². The summed E-state index contributed by atoms with van der Waals surface area (Å²) in [6, 6.07) is 7.15. The molecule has 2 amide bonds. The Kier molecular flexibility index (Phi) is 3.31. The molecule has 0 atom stereocenters. The molecule has 2 aromatic rings. The van der Waals surface area contributed by atoms with Gasteiger partial charge in [-0.05, 0) is 26.0 Å². The van der Waals surface area contributed by atoms with Crippen molar-refractivity contribution in [2.45, 2.75) is 19.4 Å². The molecule has 22 heavy (non-hydrogen) atoms. The summed E-state index contributed by atoms with van der Waals surface area (Å²) < 4.78 is 10.9. The number of benzene rings is 1. The molecule has 1 aromatic carbocycles. The highest BCUT2D eigenvalue weighted by molar-refractivity contribution is 6.01. The molecule has 1 aromatic heterocycles. The summed E-state index contributed by atoms with van der Waals surface area (Å²) in [5, 5.41) is 3.56. The van der Waals surface area contributed by atoms with Crippen LogP contribution in [0.25, 0.3) is 11.0 Å². The van der Waals surface area contributed by atoms with Crippen LogP contribution in [-0.4, -0.2) is 42.5 Å². The zero-order valence-corrected chi connectivity index (χ0v) is 12.8. The van der Waals surface area contributed by atoms with Gasteiger partial charge in [0.15, 0.2) is 17.1 Å². The number of ether oxygens (including phenoxy) is 1. The lowest BCUT2D eigenvalue weighted by atomic mass is 9.98. The molecule has 1 N–H and O–H groups in total. The summed E-state index contributed by atoms with van der Waals surface area (Å²) >= 11 is 0. The Hall–Kier alpha value is -2.50. The number of piperazine rings is 1. The number of fused-ring (bicyclic) bond motifs is 1. The quantitative estimate of drug-likeness (QED) is 0.918. The Balaban J connectivity index is 2.00. The Labute approximate surface area is 128 Å². The summed E-state index contributed by atoms with van der Waals surface area (Å²) in [6.07, 6.45) is 0. The standard InChI is InChI=1S/C16H18N2O4/c1-16(2)15(20)17-7-8-18(16)14(19)12-9-10-5-4-6-11(21-3)13(10)22-12/h4-6,9H,7-8H2,1-3H3,(H,17,20). The van der Waals surface area contributed by atoms with Crippen LogP contribution in [0.5, 0.6) is 5.75 Å². The number of carbonyl (C=O) groups is 2. The molecule has 3 rings (SSSR count). The van der Waals surface area contributed by atoms with Gasteiger partial charge in [-0.3, -0.25) is 9.59 Å². The lowest BCUT2D eigenvalue weighted by Crippen LogP contribution is -2.63. The monoisotopic (exact) mass is 302 g/mol. The SMILES string of the molecule is COc1cccc2cc(C(=O)N3CCNC(=O)C3(C)C)oc12. The Morgan fingerprint density at radius 2 is 2.18 bits per heavy atom. The fraction of sp³-hybridized carbons (Fsp3) is 0.375. The van der Waals surface area contributed by atoms with E-state index in [9.17, 15) is 9.59 Å². The number of methoxy groups -OCH3 is 1. The van der Waals surface area contributed by atoms with E-state index in [-0.39, 0.29) is 17.6 Å². The van der Waals surface area contributed by atoms with Gasteiger partial charge in [-0.2, -0.15) is 0 Å². The highest BCUT2D eigenvalue weighted by Crippen LogP contribution is 2.30. The van der Waals surface area contributed by atoms with E-state index < -0.39 is 5.54 Å². The van der Waals surface area contributed by atoms with E-state index >= 15 is 0 Å². The molecular weight excluding hydrogens is 284 g/mol. The maximum atomic E-state index is 12.7. The average molecular weight is 302 g/mol. The number of hydrogen-bond donors (Lipinski definition) is 1. The smallest absolute Gasteiger partial charge is 0.290 e. The third-order valence-electron chi connectivity index (χ3n) is 4.04. The highest BCUT2D eigenvalue weighted by Gasteiger charge is 2.41. The molecule has 1 fully saturated rings. The molecule has 0 spiro atoms. The largest absolute Gasteiger partial charge is 0.493 e. The van der Waals surface area contributed by atoms with Gasteiger partial charge in [0.05, 0.1) is 7.11 Å². The number of amides is 2. The van der Waals surface area contributed by atoms with Crippen LogP contribution in [0.2, 0.25) is 0 Å². The van der Waals surface area contributed by atoms with E-state index in [0.717, 1.165) is 5.39 Å². The first kappa shape index (κ1) is 14.4. The first-order chi connectivity index (χ1) is 10.4. The summed E-state index contributed by atoms with van der Waals surface area (Å²) in [4.78, 5) is 26.3. The number of hydrogen-bond acceptors (Lipinski definition) is 4. The van der Waals surface area contributed by atoms with Crippen molar-refractivity contribution in [2.24, 2.45) is 0 Å². The zero-order valence-electron chi connectivity index (χ0n) is 12.8. The lowest BCUT2D eigenvalue weighted by molar-refractivity contribution is -0.133. The van der Waals surface area contributed by atoms with Crippen LogP contribution in [0.1, 0.15) is 24.4 Å². The number of rotatable bonds is 2. The molecule has 2 heterocycles. The fourth-order valence-corrected chi connectivity index (χ4v) is 2.69. The Morgan fingerprint density at radius 3 is 2.91 bits per heavy atom. The molecule has 1 aliphatic heterocycles. The lowest BCUT2D eigenvalue weighted by Gasteiger charge is -2.40. The minimum Gasteiger partial charge on any atom is -0.493 e. The van der Waals surface area contributed by atoms with E-state index in [2.05, 4.69) is 5.32 Å². The fourth-order valence-electron chi connectivity index (χ4n) is 2.69. The van der Waals surface area contributed by atoms with E-state index in [4.69, 9.17) is 9.15 Å². The number of carbonyl (C=O) groups excluding carboxylic acids is 2. The second-order valence-corrected chi connectivity index (χ2v) is 5.76. The van der Waals surface area contributed by atoms with E-state index in [1.165, 1.54) is 4.90 Å². The summed E-state index contributed by atoms with van der Waals surface area (Å²) in [6.45, 7) is 4.34. The maximum Gasteiger partial charge on any atom is 0.290 e. The van der Waals surface area contributed by atoms with Crippen LogP contribution in [0.15, 0.2) is 28.7 Å². The van der Waals surface area contributed by atoms with Gasteiger partial charge < -0.3 is 19.4 Å². The van der Waals surface area contributed by atoms with Crippen molar-refractivity contribution in [1.82, 2.24) is 10.2 Å². The second kappa shape index (κ2) is 5.05. The molecule has 0 unspecified atom stereocenters. The van der Waals surface area contributed by atoms with Gasteiger partial charge >= 0.3 is 0 Å². The molecular formula is C16H18N2O4. The predicted octanol–water partition coefficient (Wildman–Crippen LogP) is 1.79. The van der Waals surface area contributed by atoms with Gasteiger partial charge in [0.25, 0.3) is 5.91 Å². The summed E-state index contributed by atoms with van der Waals surface area (Å²) in [5.74, 6) is 0.327. The molecule has 6 nitrogen and oxygen atoms in total. The van der Waals surface area contributed by atoms with Crippen LogP contribution in [0.4, 0.5) is 0 Å². The normalized spacial score (nSPS) is 17.4. The third-order valence-corrected chi connectivity index (χ3v) is 4.04. The topological polar surface area (TPSA) is 71.8 Å². The molecule has 1 aliphatic rings. The first-order valence-electron chi connectivity index (χ1n) is 7.12.